The van der Waals surface area contributed by atoms with Gasteiger partial charge in [-0.2, -0.15) is 0 Å². The highest BCUT2D eigenvalue weighted by molar-refractivity contribution is 5.77. The number of nitrogens with one attached hydrogen (secondary N) is 1. The Morgan fingerprint density at radius 1 is 1.21 bits per heavy atom. The van der Waals surface area contributed by atoms with E-state index in [0.29, 0.717) is 29.8 Å². The van der Waals surface area contributed by atoms with Crippen molar-refractivity contribution in [1.29, 1.82) is 0 Å². The second-order valence-corrected chi connectivity index (χ2v) is 7.04. The van der Waals surface area contributed by atoms with Crippen molar-refractivity contribution in [2.45, 2.75) is 63.3 Å². The van der Waals surface area contributed by atoms with Gasteiger partial charge in [-0.3, -0.25) is 4.79 Å². The molecule has 6 atom stereocenters. The molecule has 0 saturated carbocycles. The Labute approximate surface area is 114 Å². The van der Waals surface area contributed by atoms with Gasteiger partial charge in [0.1, 0.15) is 0 Å². The first-order valence-corrected chi connectivity index (χ1v) is 8.09. The Morgan fingerprint density at radius 2 is 2.11 bits per heavy atom. The number of aliphatic hydroxyl groups excluding tert-OH is 1. The summed E-state index contributed by atoms with van der Waals surface area (Å²) in [6, 6.07) is 0.943. The van der Waals surface area contributed by atoms with Gasteiger partial charge in [-0.1, -0.05) is 0 Å². The molecule has 106 valence electrons. The summed E-state index contributed by atoms with van der Waals surface area (Å²) in [5, 5.41) is 10.8. The van der Waals surface area contributed by atoms with E-state index < -0.39 is 0 Å². The Balaban J connectivity index is 1.64. The number of hydrogen-bond donors (Lipinski definition) is 2. The molecule has 0 spiro atoms. The molecule has 4 heteroatoms. The van der Waals surface area contributed by atoms with E-state index in [4.69, 9.17) is 0 Å². The van der Waals surface area contributed by atoms with Crippen LogP contribution in [0.25, 0.3) is 0 Å². The number of carbonyl (C=O) groups is 1. The van der Waals surface area contributed by atoms with Crippen molar-refractivity contribution in [3.8, 4) is 0 Å². The molecule has 4 saturated heterocycles. The third kappa shape index (κ3) is 1.76. The highest BCUT2D eigenvalue weighted by atomic mass is 16.3. The van der Waals surface area contributed by atoms with Gasteiger partial charge in [0.15, 0.2) is 6.23 Å². The molecule has 2 bridgehead atoms. The minimum absolute atomic E-state index is 0.222. The van der Waals surface area contributed by atoms with Gasteiger partial charge in [0, 0.05) is 31.3 Å². The summed E-state index contributed by atoms with van der Waals surface area (Å²) in [5.41, 5.74) is 0. The molecule has 0 radical (unpaired) electrons. The summed E-state index contributed by atoms with van der Waals surface area (Å²) in [7, 11) is 0. The molecule has 6 unspecified atom stereocenters. The first-order valence-electron chi connectivity index (χ1n) is 8.09. The maximum Gasteiger partial charge on any atom is 0.222 e. The van der Waals surface area contributed by atoms with Gasteiger partial charge in [-0.25, -0.2) is 0 Å². The minimum atomic E-state index is -0.222. The lowest BCUT2D eigenvalue weighted by atomic mass is 9.70. The number of rotatable bonds is 0. The fourth-order valence-corrected chi connectivity index (χ4v) is 5.34. The number of piperidine rings is 4. The van der Waals surface area contributed by atoms with Gasteiger partial charge in [0.05, 0.1) is 18.5 Å². The number of aliphatic hydroxyl groups is 1. The largest absolute Gasteiger partial charge is 0.345 e. The van der Waals surface area contributed by atoms with Crippen LogP contribution < -0.4 is 4.90 Å². The number of nitrogens with zero attached hydrogens (tertiary/aromatic N) is 1. The molecule has 19 heavy (non-hydrogen) atoms. The molecular formula is C15H25N2O2+. The van der Waals surface area contributed by atoms with Gasteiger partial charge >= 0.3 is 0 Å². The molecule has 4 heterocycles. The molecular weight excluding hydrogens is 240 g/mol. The highest BCUT2D eigenvalue weighted by Gasteiger charge is 2.54. The Bertz CT molecular complexity index is 386. The van der Waals surface area contributed by atoms with Crippen LogP contribution in [0.5, 0.6) is 0 Å². The monoisotopic (exact) mass is 265 g/mol. The fourth-order valence-electron chi connectivity index (χ4n) is 5.34. The van der Waals surface area contributed by atoms with Gasteiger partial charge in [0.25, 0.3) is 0 Å². The van der Waals surface area contributed by atoms with Crippen molar-refractivity contribution in [2.24, 2.45) is 11.8 Å². The Kier molecular flexibility index (Phi) is 2.85. The maximum absolute atomic E-state index is 12.2. The van der Waals surface area contributed by atoms with Crippen LogP contribution in [0.2, 0.25) is 0 Å². The van der Waals surface area contributed by atoms with Crippen molar-refractivity contribution in [3.63, 3.8) is 0 Å². The van der Waals surface area contributed by atoms with Crippen LogP contribution in [0, 0.1) is 11.8 Å². The minimum Gasteiger partial charge on any atom is -0.345 e. The topological polar surface area (TPSA) is 45.0 Å². The van der Waals surface area contributed by atoms with E-state index in [1.54, 1.807) is 0 Å². The van der Waals surface area contributed by atoms with E-state index >= 15 is 0 Å². The summed E-state index contributed by atoms with van der Waals surface area (Å²) in [4.78, 5) is 15.7. The maximum atomic E-state index is 12.2. The zero-order valence-corrected chi connectivity index (χ0v) is 11.6. The normalized spacial score (nSPS) is 49.5. The van der Waals surface area contributed by atoms with Gasteiger partial charge in [-0.05, 0) is 32.1 Å². The van der Waals surface area contributed by atoms with Gasteiger partial charge in [-0.15, -0.1) is 0 Å². The lowest BCUT2D eigenvalue weighted by Crippen LogP contribution is -3.23. The molecule has 2 N–H and O–H groups in total. The first kappa shape index (κ1) is 12.2. The van der Waals surface area contributed by atoms with E-state index in [1.165, 1.54) is 24.2 Å². The smallest absolute Gasteiger partial charge is 0.222 e. The van der Waals surface area contributed by atoms with Gasteiger partial charge < -0.3 is 14.9 Å². The summed E-state index contributed by atoms with van der Waals surface area (Å²) in [6.07, 6.45) is 7.60. The Morgan fingerprint density at radius 3 is 3.00 bits per heavy atom. The molecule has 0 aromatic heterocycles. The number of quaternary nitrogens is 1. The van der Waals surface area contributed by atoms with Crippen LogP contribution in [0.1, 0.15) is 44.9 Å². The van der Waals surface area contributed by atoms with E-state index in [-0.39, 0.29) is 6.23 Å². The Hall–Kier alpha value is -0.610. The van der Waals surface area contributed by atoms with Gasteiger partial charge in [0.2, 0.25) is 5.91 Å². The number of hydrogen-bond acceptors (Lipinski definition) is 2. The zero-order valence-electron chi connectivity index (χ0n) is 11.6. The average Bonchev–Trinajstić information content (AvgIpc) is 2.45. The zero-order chi connectivity index (χ0) is 13.0. The molecule has 0 aromatic carbocycles. The summed E-state index contributed by atoms with van der Waals surface area (Å²) >= 11 is 0. The summed E-state index contributed by atoms with van der Waals surface area (Å²) in [6.45, 7) is 2.11. The fraction of sp³-hybridized carbons (Fsp3) is 0.933. The summed E-state index contributed by atoms with van der Waals surface area (Å²) in [5.74, 6) is 1.33. The average molecular weight is 265 g/mol. The SMILES string of the molecule is O=C1CCCC2C3CC(CN12)C1CCCC[NH+]1C3O. The highest BCUT2D eigenvalue weighted by Crippen LogP contribution is 2.39. The molecule has 1 amide bonds. The number of carbonyl (C=O) groups excluding carboxylic acids is 1. The van der Waals surface area contributed by atoms with Crippen LogP contribution in [0.3, 0.4) is 0 Å². The van der Waals surface area contributed by atoms with Crippen molar-refractivity contribution < 1.29 is 14.8 Å². The predicted octanol–water partition coefficient (Wildman–Crippen LogP) is -0.227. The number of amides is 1. The predicted molar refractivity (Wildman–Crippen MR) is 70.4 cm³/mol. The standard InChI is InChI=1S/C15H24N2O2/c18-14-6-3-5-13-11-8-10(9-17(13)14)12-4-1-2-7-16(12)15(11)19/h10-13,15,19H,1-9H2/p+1. The van der Waals surface area contributed by atoms with Crippen molar-refractivity contribution >= 4 is 5.91 Å². The lowest BCUT2D eigenvalue weighted by molar-refractivity contribution is -0.990. The summed E-state index contributed by atoms with van der Waals surface area (Å²) < 4.78 is 0. The van der Waals surface area contributed by atoms with Crippen LogP contribution in [0.15, 0.2) is 0 Å². The molecule has 4 aliphatic heterocycles. The second-order valence-electron chi connectivity index (χ2n) is 7.04. The molecule has 0 aliphatic carbocycles. The molecule has 4 rings (SSSR count). The van der Waals surface area contributed by atoms with Crippen LogP contribution >= 0.6 is 0 Å². The van der Waals surface area contributed by atoms with Crippen molar-refractivity contribution in [1.82, 2.24) is 4.90 Å². The second kappa shape index (κ2) is 4.45. The first-order chi connectivity index (χ1) is 9.25. The third-order valence-electron chi connectivity index (χ3n) is 6.17. The molecule has 4 aliphatic rings. The van der Waals surface area contributed by atoms with Crippen molar-refractivity contribution in [2.75, 3.05) is 13.1 Å². The molecule has 0 aromatic rings. The molecule has 4 fully saturated rings. The van der Waals surface area contributed by atoms with Crippen LogP contribution in [-0.2, 0) is 4.79 Å². The van der Waals surface area contributed by atoms with Crippen LogP contribution in [-0.4, -0.2) is 47.3 Å². The van der Waals surface area contributed by atoms with Crippen molar-refractivity contribution in [3.05, 3.63) is 0 Å². The third-order valence-corrected chi connectivity index (χ3v) is 6.17. The van der Waals surface area contributed by atoms with E-state index in [0.717, 1.165) is 38.8 Å². The van der Waals surface area contributed by atoms with E-state index in [1.807, 2.05) is 0 Å². The van der Waals surface area contributed by atoms with Crippen LogP contribution in [0.4, 0.5) is 0 Å². The van der Waals surface area contributed by atoms with E-state index in [9.17, 15) is 9.90 Å². The quantitative estimate of drug-likeness (QED) is 0.636. The molecule has 4 nitrogen and oxygen atoms in total. The number of fused-ring (bicyclic) bond motifs is 6. The van der Waals surface area contributed by atoms with E-state index in [2.05, 4.69) is 4.90 Å². The lowest BCUT2D eigenvalue weighted by Gasteiger charge is -2.56.